The Labute approximate surface area is 105 Å². The number of hydrogen-bond donors (Lipinski definition) is 2. The normalized spacial score (nSPS) is 11.3. The van der Waals surface area contributed by atoms with Crippen molar-refractivity contribution in [2.24, 2.45) is 0 Å². The smallest absolute Gasteiger partial charge is 0.356 e. The average Bonchev–Trinajstić information content (AvgIpc) is 2.20. The van der Waals surface area contributed by atoms with Crippen LogP contribution in [0.2, 0.25) is 5.02 Å². The van der Waals surface area contributed by atoms with Crippen LogP contribution in [0, 0.1) is 0 Å². The van der Waals surface area contributed by atoms with Crippen LogP contribution in [0.4, 0.5) is 5.82 Å². The van der Waals surface area contributed by atoms with Gasteiger partial charge in [0.15, 0.2) is 5.69 Å². The van der Waals surface area contributed by atoms with E-state index in [0.717, 1.165) is 0 Å². The fourth-order valence-electron chi connectivity index (χ4n) is 1.41. The third-order valence-electron chi connectivity index (χ3n) is 2.02. The van der Waals surface area contributed by atoms with Gasteiger partial charge in [-0.3, -0.25) is 0 Å². The van der Waals surface area contributed by atoms with Crippen LogP contribution in [0.1, 0.15) is 24.3 Å². The number of aromatic nitrogens is 1. The third kappa shape index (κ3) is 3.87. The standard InChI is InChI=1S/C11H15ClN2O3/c1-11(2,6-17-3)14-8-5-4-7(12)9(13-8)10(15)16/h4-5H,6H2,1-3H3,(H,13,14)(H,15,16). The highest BCUT2D eigenvalue weighted by Gasteiger charge is 2.19. The molecule has 0 aliphatic heterocycles. The van der Waals surface area contributed by atoms with Crippen molar-refractivity contribution in [3.8, 4) is 0 Å². The van der Waals surface area contributed by atoms with Crippen LogP contribution >= 0.6 is 11.6 Å². The number of methoxy groups -OCH3 is 1. The molecule has 0 saturated carbocycles. The maximum atomic E-state index is 10.9. The lowest BCUT2D eigenvalue weighted by Crippen LogP contribution is -2.36. The van der Waals surface area contributed by atoms with Crippen molar-refractivity contribution in [1.29, 1.82) is 0 Å². The molecule has 17 heavy (non-hydrogen) atoms. The number of anilines is 1. The molecule has 94 valence electrons. The number of carboxylic acids is 1. The van der Waals surface area contributed by atoms with Gasteiger partial charge in [0.05, 0.1) is 17.2 Å². The zero-order valence-electron chi connectivity index (χ0n) is 9.95. The fraction of sp³-hybridized carbons (Fsp3) is 0.455. The Morgan fingerprint density at radius 1 is 1.59 bits per heavy atom. The van der Waals surface area contributed by atoms with E-state index in [9.17, 15) is 4.79 Å². The van der Waals surface area contributed by atoms with E-state index in [1.54, 1.807) is 13.2 Å². The van der Waals surface area contributed by atoms with Crippen molar-refractivity contribution >= 4 is 23.4 Å². The zero-order chi connectivity index (χ0) is 13.1. The number of hydrogen-bond acceptors (Lipinski definition) is 4. The predicted molar refractivity (Wildman–Crippen MR) is 65.8 cm³/mol. The molecule has 0 radical (unpaired) electrons. The number of nitrogens with zero attached hydrogens (tertiary/aromatic N) is 1. The molecule has 1 heterocycles. The van der Waals surface area contributed by atoms with Crippen LogP contribution in [0.3, 0.4) is 0 Å². The molecule has 1 rings (SSSR count). The van der Waals surface area contributed by atoms with Crippen molar-refractivity contribution in [1.82, 2.24) is 4.98 Å². The van der Waals surface area contributed by atoms with Gasteiger partial charge in [0.1, 0.15) is 5.82 Å². The highest BCUT2D eigenvalue weighted by molar-refractivity contribution is 6.33. The summed E-state index contributed by atoms with van der Waals surface area (Å²) >= 11 is 5.73. The largest absolute Gasteiger partial charge is 0.476 e. The van der Waals surface area contributed by atoms with E-state index in [1.165, 1.54) is 6.07 Å². The average molecular weight is 259 g/mol. The number of rotatable bonds is 5. The van der Waals surface area contributed by atoms with Crippen LogP contribution in [0.15, 0.2) is 12.1 Å². The van der Waals surface area contributed by atoms with Crippen molar-refractivity contribution in [2.75, 3.05) is 19.0 Å². The second kappa shape index (κ2) is 5.33. The molecule has 5 nitrogen and oxygen atoms in total. The van der Waals surface area contributed by atoms with E-state index in [4.69, 9.17) is 21.4 Å². The molecule has 0 fully saturated rings. The molecule has 0 aliphatic carbocycles. The Morgan fingerprint density at radius 2 is 2.24 bits per heavy atom. The number of ether oxygens (including phenoxy) is 1. The molecule has 0 spiro atoms. The summed E-state index contributed by atoms with van der Waals surface area (Å²) in [6.07, 6.45) is 0. The summed E-state index contributed by atoms with van der Waals surface area (Å²) in [5.74, 6) is -0.697. The number of halogens is 1. The molecule has 0 atom stereocenters. The molecule has 6 heteroatoms. The van der Waals surface area contributed by atoms with Crippen molar-refractivity contribution < 1.29 is 14.6 Å². The van der Waals surface area contributed by atoms with Gasteiger partial charge in [0, 0.05) is 7.11 Å². The Bertz CT molecular complexity index is 421. The van der Waals surface area contributed by atoms with Crippen LogP contribution in [0.5, 0.6) is 0 Å². The summed E-state index contributed by atoms with van der Waals surface area (Å²) in [6, 6.07) is 3.13. The van der Waals surface area contributed by atoms with Gasteiger partial charge in [-0.15, -0.1) is 0 Å². The molecule has 0 aromatic carbocycles. The van der Waals surface area contributed by atoms with Crippen molar-refractivity contribution in [2.45, 2.75) is 19.4 Å². The van der Waals surface area contributed by atoms with Gasteiger partial charge < -0.3 is 15.2 Å². The van der Waals surface area contributed by atoms with E-state index in [2.05, 4.69) is 10.3 Å². The molecule has 1 aromatic heterocycles. The fourth-order valence-corrected chi connectivity index (χ4v) is 1.59. The predicted octanol–water partition coefficient (Wildman–Crippen LogP) is 2.27. The van der Waals surface area contributed by atoms with Gasteiger partial charge in [-0.1, -0.05) is 11.6 Å². The zero-order valence-corrected chi connectivity index (χ0v) is 10.7. The van der Waals surface area contributed by atoms with Gasteiger partial charge in [-0.05, 0) is 26.0 Å². The van der Waals surface area contributed by atoms with Gasteiger partial charge in [0.2, 0.25) is 0 Å². The summed E-state index contributed by atoms with van der Waals surface area (Å²) < 4.78 is 5.05. The number of aromatic carboxylic acids is 1. The minimum atomic E-state index is -1.15. The number of carboxylic acid groups (broad SMARTS) is 1. The maximum Gasteiger partial charge on any atom is 0.356 e. The van der Waals surface area contributed by atoms with E-state index >= 15 is 0 Å². The van der Waals surface area contributed by atoms with Crippen molar-refractivity contribution in [3.05, 3.63) is 22.8 Å². The highest BCUT2D eigenvalue weighted by atomic mass is 35.5. The second-order valence-electron chi connectivity index (χ2n) is 4.27. The van der Waals surface area contributed by atoms with E-state index in [0.29, 0.717) is 12.4 Å². The summed E-state index contributed by atoms with van der Waals surface area (Å²) in [5.41, 5.74) is -0.504. The van der Waals surface area contributed by atoms with E-state index in [-0.39, 0.29) is 16.3 Å². The summed E-state index contributed by atoms with van der Waals surface area (Å²) in [4.78, 5) is 14.8. The second-order valence-corrected chi connectivity index (χ2v) is 4.68. The SMILES string of the molecule is COCC(C)(C)Nc1ccc(Cl)c(C(=O)O)n1. The van der Waals surface area contributed by atoms with Crippen LogP contribution < -0.4 is 5.32 Å². The minimum Gasteiger partial charge on any atom is -0.476 e. The molecule has 0 bridgehead atoms. The molecule has 0 unspecified atom stereocenters. The Balaban J connectivity index is 2.93. The summed E-state index contributed by atoms with van der Waals surface area (Å²) in [5, 5.41) is 12.1. The highest BCUT2D eigenvalue weighted by Crippen LogP contribution is 2.19. The first kappa shape index (κ1) is 13.7. The lowest BCUT2D eigenvalue weighted by atomic mass is 10.1. The van der Waals surface area contributed by atoms with Crippen LogP contribution in [0.25, 0.3) is 0 Å². The van der Waals surface area contributed by atoms with Crippen LogP contribution in [-0.2, 0) is 4.74 Å². The lowest BCUT2D eigenvalue weighted by molar-refractivity contribution is 0.0691. The molecule has 2 N–H and O–H groups in total. The van der Waals surface area contributed by atoms with Gasteiger partial charge in [-0.2, -0.15) is 0 Å². The molecule has 1 aromatic rings. The first-order chi connectivity index (χ1) is 7.85. The van der Waals surface area contributed by atoms with Gasteiger partial charge in [-0.25, -0.2) is 9.78 Å². The monoisotopic (exact) mass is 258 g/mol. The minimum absolute atomic E-state index is 0.118. The van der Waals surface area contributed by atoms with E-state index in [1.807, 2.05) is 13.8 Å². The quantitative estimate of drug-likeness (QED) is 0.848. The maximum absolute atomic E-state index is 10.9. The van der Waals surface area contributed by atoms with Crippen molar-refractivity contribution in [3.63, 3.8) is 0 Å². The summed E-state index contributed by atoms with van der Waals surface area (Å²) in [7, 11) is 1.60. The topological polar surface area (TPSA) is 71.5 Å². The molecular formula is C11H15ClN2O3. The van der Waals surface area contributed by atoms with Gasteiger partial charge in [0.25, 0.3) is 0 Å². The lowest BCUT2D eigenvalue weighted by Gasteiger charge is -2.26. The Kier molecular flexibility index (Phi) is 4.31. The Hall–Kier alpha value is -1.33. The first-order valence-electron chi connectivity index (χ1n) is 5.03. The molecule has 0 aliphatic rings. The molecule has 0 saturated heterocycles. The van der Waals surface area contributed by atoms with Crippen LogP contribution in [-0.4, -0.2) is 35.3 Å². The number of nitrogens with one attached hydrogen (secondary N) is 1. The number of carbonyl (C=O) groups is 1. The van der Waals surface area contributed by atoms with E-state index < -0.39 is 5.97 Å². The Morgan fingerprint density at radius 3 is 2.76 bits per heavy atom. The van der Waals surface area contributed by atoms with Gasteiger partial charge >= 0.3 is 5.97 Å². The third-order valence-corrected chi connectivity index (χ3v) is 2.33. The summed E-state index contributed by atoms with van der Waals surface area (Å²) in [6.45, 7) is 4.32. The first-order valence-corrected chi connectivity index (χ1v) is 5.40. The number of pyridine rings is 1. The molecule has 0 amide bonds. The molecular weight excluding hydrogens is 244 g/mol.